The zero-order valence-corrected chi connectivity index (χ0v) is 19.9. The first-order chi connectivity index (χ1) is 18.2. The molecule has 1 aliphatic rings. The third-order valence-corrected chi connectivity index (χ3v) is 6.48. The molecule has 4 aromatic rings. The van der Waals surface area contributed by atoms with Gasteiger partial charge in [-0.1, -0.05) is 64.9 Å². The third-order valence-electron chi connectivity index (χ3n) is 6.48. The molecular weight excluding hydrogens is 505 g/mol. The number of carboxylic acids is 1. The molecule has 3 heterocycles. The monoisotopic (exact) mass is 528 g/mol. The smallest absolute Gasteiger partial charge is 0.422 e. The van der Waals surface area contributed by atoms with Crippen molar-refractivity contribution in [2.45, 2.75) is 25.1 Å². The van der Waals surface area contributed by atoms with Crippen molar-refractivity contribution in [1.82, 2.24) is 20.2 Å². The Bertz CT molecular complexity index is 1400. The number of likely N-dealkylation sites (tertiary alicyclic amines) is 1. The average molecular weight is 528 g/mol. The number of aromatic nitrogens is 3. The number of benzene rings is 2. The summed E-state index contributed by atoms with van der Waals surface area (Å²) in [7, 11) is 0. The number of halogens is 3. The maximum Gasteiger partial charge on any atom is 0.422 e. The SMILES string of the molecule is O=C(O)[C@H]1CCCN(CC(O)c2ccc(-c3noc(-c4noc(-c5ccccc5)c4C(F)(F)F)n3)cc2)C1. The summed E-state index contributed by atoms with van der Waals surface area (Å²) < 4.78 is 52.0. The van der Waals surface area contributed by atoms with E-state index in [2.05, 4.69) is 15.3 Å². The number of nitrogens with zero attached hydrogens (tertiary/aromatic N) is 4. The quantitative estimate of drug-likeness (QED) is 0.344. The molecule has 12 heteroatoms. The second-order valence-electron chi connectivity index (χ2n) is 9.10. The van der Waals surface area contributed by atoms with E-state index in [0.717, 1.165) is 6.42 Å². The summed E-state index contributed by atoms with van der Waals surface area (Å²) in [6, 6.07) is 14.3. The minimum atomic E-state index is -4.79. The van der Waals surface area contributed by atoms with Gasteiger partial charge in [-0.25, -0.2) is 0 Å². The van der Waals surface area contributed by atoms with Crippen molar-refractivity contribution < 1.29 is 37.2 Å². The molecule has 0 bridgehead atoms. The van der Waals surface area contributed by atoms with Crippen LogP contribution in [0.2, 0.25) is 0 Å². The van der Waals surface area contributed by atoms with E-state index < -0.39 is 47.1 Å². The molecular formula is C26H23F3N4O5. The van der Waals surface area contributed by atoms with Crippen LogP contribution < -0.4 is 0 Å². The van der Waals surface area contributed by atoms with E-state index in [1.54, 1.807) is 42.5 Å². The van der Waals surface area contributed by atoms with E-state index in [0.29, 0.717) is 30.6 Å². The number of hydrogen-bond acceptors (Lipinski definition) is 8. The van der Waals surface area contributed by atoms with Crippen LogP contribution in [0.4, 0.5) is 13.2 Å². The number of alkyl halides is 3. The Balaban J connectivity index is 1.34. The number of carboxylic acid groups (broad SMARTS) is 1. The van der Waals surface area contributed by atoms with Gasteiger partial charge in [-0.3, -0.25) is 9.69 Å². The van der Waals surface area contributed by atoms with E-state index in [-0.39, 0.29) is 17.9 Å². The lowest BCUT2D eigenvalue weighted by molar-refractivity contribution is -0.143. The summed E-state index contributed by atoms with van der Waals surface area (Å²) in [6.45, 7) is 1.37. The number of carbonyl (C=O) groups is 1. The summed E-state index contributed by atoms with van der Waals surface area (Å²) in [5.41, 5.74) is -0.461. The largest absolute Gasteiger partial charge is 0.481 e. The van der Waals surface area contributed by atoms with Crippen LogP contribution in [0.1, 0.15) is 30.1 Å². The van der Waals surface area contributed by atoms with Crippen LogP contribution in [0.25, 0.3) is 34.3 Å². The molecule has 2 N–H and O–H groups in total. The Labute approximate surface area is 214 Å². The lowest BCUT2D eigenvalue weighted by Gasteiger charge is -2.32. The number of aliphatic carboxylic acids is 1. The fourth-order valence-corrected chi connectivity index (χ4v) is 4.55. The van der Waals surface area contributed by atoms with Gasteiger partial charge in [-0.05, 0) is 24.9 Å². The molecule has 1 saturated heterocycles. The maximum absolute atomic E-state index is 13.9. The molecule has 1 aliphatic heterocycles. The molecule has 0 aliphatic carbocycles. The zero-order chi connectivity index (χ0) is 26.9. The molecule has 0 spiro atoms. The first-order valence-corrected chi connectivity index (χ1v) is 11.9. The second kappa shape index (κ2) is 10.4. The number of aliphatic hydroxyl groups is 1. The first kappa shape index (κ1) is 25.6. The highest BCUT2D eigenvalue weighted by molar-refractivity contribution is 5.71. The Kier molecular flexibility index (Phi) is 7.00. The molecule has 1 fully saturated rings. The molecule has 2 atom stereocenters. The predicted octanol–water partition coefficient (Wildman–Crippen LogP) is 4.91. The van der Waals surface area contributed by atoms with Gasteiger partial charge in [-0.2, -0.15) is 18.2 Å². The van der Waals surface area contributed by atoms with Gasteiger partial charge in [0.2, 0.25) is 5.82 Å². The minimum absolute atomic E-state index is 0.0405. The molecule has 0 amide bonds. The van der Waals surface area contributed by atoms with Gasteiger partial charge in [0.15, 0.2) is 11.5 Å². The molecule has 5 rings (SSSR count). The van der Waals surface area contributed by atoms with Crippen LogP contribution in [0.5, 0.6) is 0 Å². The summed E-state index contributed by atoms with van der Waals surface area (Å²) >= 11 is 0. The van der Waals surface area contributed by atoms with Crippen molar-refractivity contribution in [3.8, 4) is 34.3 Å². The fourth-order valence-electron chi connectivity index (χ4n) is 4.55. The number of rotatable bonds is 7. The normalized spacial score (nSPS) is 17.4. The van der Waals surface area contributed by atoms with Crippen LogP contribution in [-0.2, 0) is 11.0 Å². The number of hydrogen-bond donors (Lipinski definition) is 2. The van der Waals surface area contributed by atoms with E-state index in [1.807, 2.05) is 4.90 Å². The van der Waals surface area contributed by atoms with Crippen molar-refractivity contribution >= 4 is 5.97 Å². The molecule has 2 aromatic carbocycles. The van der Waals surface area contributed by atoms with Crippen molar-refractivity contribution in [3.63, 3.8) is 0 Å². The second-order valence-corrected chi connectivity index (χ2v) is 9.10. The molecule has 0 saturated carbocycles. The lowest BCUT2D eigenvalue weighted by Crippen LogP contribution is -2.40. The molecule has 9 nitrogen and oxygen atoms in total. The van der Waals surface area contributed by atoms with Crippen molar-refractivity contribution in [1.29, 1.82) is 0 Å². The molecule has 0 radical (unpaired) electrons. The van der Waals surface area contributed by atoms with Gasteiger partial charge < -0.3 is 19.3 Å². The summed E-state index contributed by atoms with van der Waals surface area (Å²) in [5, 5.41) is 27.3. The highest BCUT2D eigenvalue weighted by atomic mass is 19.4. The van der Waals surface area contributed by atoms with Crippen LogP contribution in [0, 0.1) is 5.92 Å². The fraction of sp³-hybridized carbons (Fsp3) is 0.308. The van der Waals surface area contributed by atoms with Crippen molar-refractivity contribution in [3.05, 3.63) is 65.7 Å². The van der Waals surface area contributed by atoms with Gasteiger partial charge in [0, 0.05) is 24.2 Å². The van der Waals surface area contributed by atoms with Gasteiger partial charge in [-0.15, -0.1) is 0 Å². The van der Waals surface area contributed by atoms with E-state index >= 15 is 0 Å². The van der Waals surface area contributed by atoms with E-state index in [9.17, 15) is 28.2 Å². The minimum Gasteiger partial charge on any atom is -0.481 e. The van der Waals surface area contributed by atoms with Gasteiger partial charge >= 0.3 is 12.1 Å². The molecule has 38 heavy (non-hydrogen) atoms. The van der Waals surface area contributed by atoms with Crippen LogP contribution >= 0.6 is 0 Å². The lowest BCUT2D eigenvalue weighted by atomic mass is 9.97. The number of piperidine rings is 1. The third kappa shape index (κ3) is 5.31. The van der Waals surface area contributed by atoms with Crippen LogP contribution in [0.15, 0.2) is 63.6 Å². The highest BCUT2D eigenvalue weighted by Gasteiger charge is 2.42. The Hall–Kier alpha value is -4.03. The standard InChI is InChI=1S/C26H23F3N4O5/c27-26(28,29)20-21(31-37-22(20)16-5-2-1-3-6-16)24-30-23(32-38-24)17-10-8-15(9-11-17)19(34)14-33-12-4-7-18(13-33)25(35)36/h1-3,5-6,8-11,18-19,34H,4,7,12-14H2,(H,35,36)/t18-,19?/m0/s1. The summed E-state index contributed by atoms with van der Waals surface area (Å²) in [4.78, 5) is 17.3. The Morgan fingerprint density at radius 3 is 2.47 bits per heavy atom. The van der Waals surface area contributed by atoms with Gasteiger partial charge in [0.1, 0.15) is 5.56 Å². The van der Waals surface area contributed by atoms with Crippen LogP contribution in [0.3, 0.4) is 0 Å². The molecule has 198 valence electrons. The van der Waals surface area contributed by atoms with Crippen molar-refractivity contribution in [2.75, 3.05) is 19.6 Å². The Morgan fingerprint density at radius 1 is 1.05 bits per heavy atom. The number of aliphatic hydroxyl groups excluding tert-OH is 1. The molecule has 1 unspecified atom stereocenters. The Morgan fingerprint density at radius 2 is 1.79 bits per heavy atom. The van der Waals surface area contributed by atoms with E-state index in [1.165, 1.54) is 12.1 Å². The predicted molar refractivity (Wildman–Crippen MR) is 127 cm³/mol. The number of β-amino-alcohol motifs (C(OH)–C–C–N with tert-alkyl or cyclic N) is 1. The zero-order valence-electron chi connectivity index (χ0n) is 19.9. The van der Waals surface area contributed by atoms with Crippen LogP contribution in [-0.4, -0.2) is 56.0 Å². The maximum atomic E-state index is 13.9. The van der Waals surface area contributed by atoms with E-state index in [4.69, 9.17) is 9.05 Å². The van der Waals surface area contributed by atoms with Gasteiger partial charge in [0.25, 0.3) is 5.89 Å². The topological polar surface area (TPSA) is 126 Å². The average Bonchev–Trinajstić information content (AvgIpc) is 3.57. The van der Waals surface area contributed by atoms with Crippen molar-refractivity contribution in [2.24, 2.45) is 5.92 Å². The summed E-state index contributed by atoms with van der Waals surface area (Å²) in [6.07, 6.45) is -4.27. The summed E-state index contributed by atoms with van der Waals surface area (Å²) in [5.74, 6) is -2.14. The highest BCUT2D eigenvalue weighted by Crippen LogP contribution is 2.43. The molecule has 2 aromatic heterocycles. The first-order valence-electron chi connectivity index (χ1n) is 11.9. The van der Waals surface area contributed by atoms with Gasteiger partial charge in [0.05, 0.1) is 12.0 Å².